The van der Waals surface area contributed by atoms with Gasteiger partial charge >= 0.3 is 0 Å². The molecule has 3 aliphatic rings. The Bertz CT molecular complexity index is 686. The molecule has 0 spiro atoms. The molecule has 2 saturated heterocycles. The van der Waals surface area contributed by atoms with Crippen LogP contribution in [0.2, 0.25) is 0 Å². The summed E-state index contributed by atoms with van der Waals surface area (Å²) in [6.07, 6.45) is 8.75. The van der Waals surface area contributed by atoms with Crippen molar-refractivity contribution in [2.45, 2.75) is 44.6 Å². The summed E-state index contributed by atoms with van der Waals surface area (Å²) in [5.41, 5.74) is 1.49. The number of nitrogens with zero attached hydrogens (tertiary/aromatic N) is 5. The smallest absolute Gasteiger partial charge is 0.225 e. The summed E-state index contributed by atoms with van der Waals surface area (Å²) in [5.74, 6) is 0.519. The Labute approximate surface area is 161 Å². The molecule has 1 saturated carbocycles. The van der Waals surface area contributed by atoms with Crippen LogP contribution in [0.25, 0.3) is 0 Å². The Kier molecular flexibility index (Phi) is 5.58. The number of hydrogen-bond acceptors (Lipinski definition) is 5. The van der Waals surface area contributed by atoms with Gasteiger partial charge in [-0.3, -0.25) is 9.69 Å². The number of piperidine rings is 1. The zero-order chi connectivity index (χ0) is 18.6. The Morgan fingerprint density at radius 3 is 2.44 bits per heavy atom. The van der Waals surface area contributed by atoms with Crippen LogP contribution < -0.4 is 4.90 Å². The molecule has 6 heteroatoms. The van der Waals surface area contributed by atoms with Crippen LogP contribution in [0.15, 0.2) is 18.3 Å². The van der Waals surface area contributed by atoms with E-state index >= 15 is 0 Å². The van der Waals surface area contributed by atoms with Gasteiger partial charge in [0.2, 0.25) is 5.91 Å². The molecule has 6 nitrogen and oxygen atoms in total. The van der Waals surface area contributed by atoms with E-state index in [1.165, 1.54) is 19.3 Å². The lowest BCUT2D eigenvalue weighted by molar-refractivity contribution is -0.136. The average molecular weight is 367 g/mol. The van der Waals surface area contributed by atoms with Crippen LogP contribution in [0.3, 0.4) is 0 Å². The van der Waals surface area contributed by atoms with Gasteiger partial charge in [-0.1, -0.05) is 6.42 Å². The quantitative estimate of drug-likeness (QED) is 0.820. The van der Waals surface area contributed by atoms with E-state index in [9.17, 15) is 4.79 Å². The molecule has 0 N–H and O–H groups in total. The second kappa shape index (κ2) is 8.26. The number of hydrogen-bond donors (Lipinski definition) is 0. The van der Waals surface area contributed by atoms with Crippen molar-refractivity contribution >= 4 is 11.6 Å². The molecular formula is C21H29N5O. The van der Waals surface area contributed by atoms with E-state index in [0.29, 0.717) is 11.6 Å². The molecule has 144 valence electrons. The first-order valence-corrected chi connectivity index (χ1v) is 10.4. The average Bonchev–Trinajstić information content (AvgIpc) is 2.92. The fourth-order valence-electron chi connectivity index (χ4n) is 4.56. The monoisotopic (exact) mass is 367 g/mol. The fourth-order valence-corrected chi connectivity index (χ4v) is 4.56. The molecule has 3 heterocycles. The first kappa shape index (κ1) is 18.2. The van der Waals surface area contributed by atoms with E-state index in [1.807, 2.05) is 6.07 Å². The zero-order valence-electron chi connectivity index (χ0n) is 16.0. The van der Waals surface area contributed by atoms with Crippen LogP contribution in [-0.2, 0) is 4.79 Å². The molecule has 0 unspecified atom stereocenters. The van der Waals surface area contributed by atoms with Crippen molar-refractivity contribution < 1.29 is 4.79 Å². The van der Waals surface area contributed by atoms with E-state index in [4.69, 9.17) is 5.26 Å². The van der Waals surface area contributed by atoms with Gasteiger partial charge in [-0.2, -0.15) is 5.26 Å². The Hall–Kier alpha value is -2.13. The third-order valence-electron chi connectivity index (χ3n) is 6.51. The maximum absolute atomic E-state index is 13.0. The van der Waals surface area contributed by atoms with E-state index in [-0.39, 0.29) is 5.92 Å². The van der Waals surface area contributed by atoms with Gasteiger partial charge in [0.25, 0.3) is 0 Å². The summed E-state index contributed by atoms with van der Waals surface area (Å²) in [4.78, 5) is 24.2. The fraction of sp³-hybridized carbons (Fsp3) is 0.667. The molecule has 4 rings (SSSR count). The molecule has 0 atom stereocenters. The van der Waals surface area contributed by atoms with Crippen molar-refractivity contribution in [2.75, 3.05) is 44.2 Å². The van der Waals surface area contributed by atoms with Crippen molar-refractivity contribution in [3.63, 3.8) is 0 Å². The number of rotatable bonds is 3. The summed E-state index contributed by atoms with van der Waals surface area (Å²) < 4.78 is 0. The normalized spacial score (nSPS) is 22.8. The molecule has 1 aromatic heterocycles. The van der Waals surface area contributed by atoms with Crippen molar-refractivity contribution in [1.82, 2.24) is 14.8 Å². The highest BCUT2D eigenvalue weighted by atomic mass is 16.2. The maximum Gasteiger partial charge on any atom is 0.225 e. The van der Waals surface area contributed by atoms with Gasteiger partial charge in [0.05, 0.1) is 11.9 Å². The summed E-state index contributed by atoms with van der Waals surface area (Å²) in [5, 5.41) is 8.87. The van der Waals surface area contributed by atoms with Crippen molar-refractivity contribution in [1.29, 1.82) is 5.26 Å². The number of nitriles is 1. The molecule has 27 heavy (non-hydrogen) atoms. The van der Waals surface area contributed by atoms with E-state index in [0.717, 1.165) is 70.3 Å². The van der Waals surface area contributed by atoms with Crippen molar-refractivity contribution in [3.05, 3.63) is 24.0 Å². The topological polar surface area (TPSA) is 63.5 Å². The van der Waals surface area contributed by atoms with Crippen LogP contribution in [0.5, 0.6) is 0 Å². The van der Waals surface area contributed by atoms with Gasteiger partial charge in [-0.25, -0.2) is 4.98 Å². The van der Waals surface area contributed by atoms with E-state index in [1.54, 1.807) is 12.3 Å². The van der Waals surface area contributed by atoms with E-state index < -0.39 is 0 Å². The zero-order valence-corrected chi connectivity index (χ0v) is 16.0. The molecule has 1 aromatic rings. The lowest BCUT2D eigenvalue weighted by Crippen LogP contribution is -2.45. The maximum atomic E-state index is 13.0. The second-order valence-corrected chi connectivity index (χ2v) is 8.07. The highest BCUT2D eigenvalue weighted by Gasteiger charge is 2.31. The minimum absolute atomic E-state index is 0.155. The Morgan fingerprint density at radius 1 is 1.00 bits per heavy atom. The summed E-state index contributed by atoms with van der Waals surface area (Å²) in [6, 6.07) is 6.55. The summed E-state index contributed by atoms with van der Waals surface area (Å²) in [7, 11) is 0. The Balaban J connectivity index is 1.28. The molecular weight excluding hydrogens is 338 g/mol. The van der Waals surface area contributed by atoms with Crippen molar-refractivity contribution in [3.8, 4) is 6.07 Å². The number of aromatic nitrogens is 1. The minimum atomic E-state index is 0.155. The van der Waals surface area contributed by atoms with Gasteiger partial charge in [-0.05, 0) is 44.2 Å². The standard InChI is InChI=1S/C21H29N5O/c22-15-18-5-6-20(16-23-18)25-11-7-17(8-12-25)21(27)26-10-2-9-24(13-14-26)19-3-1-4-19/h5-6,16-17,19H,1-4,7-14H2. The Morgan fingerprint density at radius 2 is 1.81 bits per heavy atom. The lowest BCUT2D eigenvalue weighted by Gasteiger charge is -2.37. The largest absolute Gasteiger partial charge is 0.370 e. The van der Waals surface area contributed by atoms with Crippen LogP contribution in [0.4, 0.5) is 5.69 Å². The molecule has 0 radical (unpaired) electrons. The number of amides is 1. The predicted molar refractivity (Wildman–Crippen MR) is 104 cm³/mol. The van der Waals surface area contributed by atoms with Gasteiger partial charge in [0.15, 0.2) is 0 Å². The van der Waals surface area contributed by atoms with E-state index in [2.05, 4.69) is 25.8 Å². The third kappa shape index (κ3) is 4.08. The lowest BCUT2D eigenvalue weighted by atomic mass is 9.91. The van der Waals surface area contributed by atoms with Crippen molar-refractivity contribution in [2.24, 2.45) is 5.92 Å². The minimum Gasteiger partial charge on any atom is -0.370 e. The number of carbonyl (C=O) groups is 1. The van der Waals surface area contributed by atoms with Gasteiger partial charge < -0.3 is 9.80 Å². The molecule has 3 fully saturated rings. The third-order valence-corrected chi connectivity index (χ3v) is 6.51. The second-order valence-electron chi connectivity index (χ2n) is 8.07. The van der Waals surface area contributed by atoms with Gasteiger partial charge in [-0.15, -0.1) is 0 Å². The van der Waals surface area contributed by atoms with Gasteiger partial charge in [0, 0.05) is 51.2 Å². The van der Waals surface area contributed by atoms with Crippen LogP contribution in [0, 0.1) is 17.2 Å². The summed E-state index contributed by atoms with van der Waals surface area (Å²) in [6.45, 7) is 5.78. The predicted octanol–water partition coefficient (Wildman–Crippen LogP) is 2.26. The van der Waals surface area contributed by atoms with Crippen LogP contribution in [0.1, 0.15) is 44.2 Å². The number of pyridine rings is 1. The summed E-state index contributed by atoms with van der Waals surface area (Å²) >= 11 is 0. The molecule has 0 bridgehead atoms. The highest BCUT2D eigenvalue weighted by molar-refractivity contribution is 5.79. The van der Waals surface area contributed by atoms with Crippen LogP contribution >= 0.6 is 0 Å². The number of anilines is 1. The molecule has 1 aliphatic carbocycles. The highest BCUT2D eigenvalue weighted by Crippen LogP contribution is 2.27. The first-order valence-electron chi connectivity index (χ1n) is 10.4. The van der Waals surface area contributed by atoms with Crippen LogP contribution in [-0.4, -0.2) is 66.0 Å². The number of carbonyl (C=O) groups excluding carboxylic acids is 1. The van der Waals surface area contributed by atoms with Gasteiger partial charge in [0.1, 0.15) is 11.8 Å². The first-order chi connectivity index (χ1) is 13.2. The molecule has 0 aromatic carbocycles. The molecule has 2 aliphatic heterocycles. The molecule has 1 amide bonds. The SMILES string of the molecule is N#Cc1ccc(N2CCC(C(=O)N3CCCN(C4CCC4)CC3)CC2)cn1.